The summed E-state index contributed by atoms with van der Waals surface area (Å²) in [6, 6.07) is 9.55. The molecular formula is C18H22N2O3. The first kappa shape index (κ1) is 15.5. The van der Waals surface area contributed by atoms with E-state index in [0.29, 0.717) is 18.8 Å². The van der Waals surface area contributed by atoms with E-state index in [4.69, 9.17) is 9.47 Å². The lowest BCUT2D eigenvalue weighted by atomic mass is 10.1. The lowest BCUT2D eigenvalue weighted by Gasteiger charge is -2.32. The van der Waals surface area contributed by atoms with Gasteiger partial charge in [0.15, 0.2) is 11.5 Å². The Balaban J connectivity index is 1.57. The number of aryl methyl sites for hydroxylation is 1. The van der Waals surface area contributed by atoms with Crippen molar-refractivity contribution in [2.45, 2.75) is 25.9 Å². The van der Waals surface area contributed by atoms with Crippen LogP contribution in [0, 0.1) is 6.92 Å². The van der Waals surface area contributed by atoms with Crippen LogP contribution in [-0.2, 0) is 0 Å². The minimum Gasteiger partial charge on any atom is -0.493 e. The maximum absolute atomic E-state index is 12.4. The molecule has 0 aliphatic carbocycles. The number of hydrogen-bond acceptors (Lipinski definition) is 3. The standard InChI is InChI=1S/C18H22N2O3/c1-13-11-15(19-12-13)18(21)20-9-7-14(8-10-20)23-17-6-4-3-5-16(17)22-2/h3-6,11-12,14,19H,7-10H2,1-2H3. The van der Waals surface area contributed by atoms with Crippen LogP contribution in [0.5, 0.6) is 11.5 Å². The highest BCUT2D eigenvalue weighted by atomic mass is 16.5. The van der Waals surface area contributed by atoms with Crippen molar-refractivity contribution in [3.05, 3.63) is 47.8 Å². The molecule has 3 rings (SSSR count). The molecule has 2 aromatic rings. The molecule has 0 unspecified atom stereocenters. The summed E-state index contributed by atoms with van der Waals surface area (Å²) >= 11 is 0. The number of aromatic amines is 1. The van der Waals surface area contributed by atoms with Crippen molar-refractivity contribution in [2.24, 2.45) is 0 Å². The number of nitrogens with zero attached hydrogens (tertiary/aromatic N) is 1. The van der Waals surface area contributed by atoms with Gasteiger partial charge in [-0.1, -0.05) is 12.1 Å². The van der Waals surface area contributed by atoms with Crippen molar-refractivity contribution >= 4 is 5.91 Å². The van der Waals surface area contributed by atoms with Crippen LogP contribution in [0.1, 0.15) is 28.9 Å². The highest BCUT2D eigenvalue weighted by Crippen LogP contribution is 2.29. The van der Waals surface area contributed by atoms with Gasteiger partial charge in [-0.2, -0.15) is 0 Å². The smallest absolute Gasteiger partial charge is 0.270 e. The molecule has 0 spiro atoms. The molecule has 1 aromatic carbocycles. The number of carbonyl (C=O) groups is 1. The summed E-state index contributed by atoms with van der Waals surface area (Å²) in [6.07, 6.45) is 3.61. The number of para-hydroxylation sites is 2. The van der Waals surface area contributed by atoms with E-state index in [0.717, 1.165) is 29.9 Å². The summed E-state index contributed by atoms with van der Waals surface area (Å²) in [6.45, 7) is 3.38. The molecule has 0 bridgehead atoms. The summed E-state index contributed by atoms with van der Waals surface area (Å²) < 4.78 is 11.4. The quantitative estimate of drug-likeness (QED) is 0.944. The van der Waals surface area contributed by atoms with Crippen molar-refractivity contribution in [2.75, 3.05) is 20.2 Å². The highest BCUT2D eigenvalue weighted by Gasteiger charge is 2.25. The van der Waals surface area contributed by atoms with Gasteiger partial charge in [-0.25, -0.2) is 0 Å². The number of benzene rings is 1. The Bertz CT molecular complexity index is 672. The number of aromatic nitrogens is 1. The van der Waals surface area contributed by atoms with Crippen molar-refractivity contribution in [1.29, 1.82) is 0 Å². The second-order valence-corrected chi connectivity index (χ2v) is 5.85. The van der Waals surface area contributed by atoms with Gasteiger partial charge in [0.25, 0.3) is 5.91 Å². The molecule has 1 aliphatic rings. The molecule has 1 aromatic heterocycles. The zero-order valence-corrected chi connectivity index (χ0v) is 13.5. The van der Waals surface area contributed by atoms with Crippen molar-refractivity contribution in [1.82, 2.24) is 9.88 Å². The minimum atomic E-state index is 0.0637. The van der Waals surface area contributed by atoms with Gasteiger partial charge in [0.05, 0.1) is 7.11 Å². The first-order chi connectivity index (χ1) is 11.2. The van der Waals surface area contributed by atoms with Gasteiger partial charge in [0.2, 0.25) is 0 Å². The van der Waals surface area contributed by atoms with Gasteiger partial charge in [-0.05, 0) is 30.7 Å². The zero-order chi connectivity index (χ0) is 16.2. The molecule has 5 nitrogen and oxygen atoms in total. The summed E-state index contributed by atoms with van der Waals surface area (Å²) in [5, 5.41) is 0. The van der Waals surface area contributed by atoms with Gasteiger partial charge in [0.1, 0.15) is 11.8 Å². The number of amides is 1. The van der Waals surface area contributed by atoms with Gasteiger partial charge < -0.3 is 19.4 Å². The summed E-state index contributed by atoms with van der Waals surface area (Å²) in [4.78, 5) is 17.3. The predicted octanol–water partition coefficient (Wildman–Crippen LogP) is 3.02. The number of ether oxygens (including phenoxy) is 2. The Kier molecular flexibility index (Phi) is 4.55. The van der Waals surface area contributed by atoms with Crippen LogP contribution in [0.2, 0.25) is 0 Å². The maximum atomic E-state index is 12.4. The Labute approximate surface area is 136 Å². The SMILES string of the molecule is COc1ccccc1OC1CCN(C(=O)c2cc(C)c[nH]2)CC1. The fourth-order valence-electron chi connectivity index (χ4n) is 2.87. The lowest BCUT2D eigenvalue weighted by molar-refractivity contribution is 0.0586. The number of carbonyl (C=O) groups excluding carboxylic acids is 1. The van der Waals surface area contributed by atoms with Crippen LogP contribution in [0.4, 0.5) is 0 Å². The van der Waals surface area contributed by atoms with Crippen LogP contribution in [0.15, 0.2) is 36.5 Å². The molecule has 5 heteroatoms. The molecular weight excluding hydrogens is 292 g/mol. The molecule has 23 heavy (non-hydrogen) atoms. The molecule has 1 aliphatic heterocycles. The summed E-state index contributed by atoms with van der Waals surface area (Å²) in [5.41, 5.74) is 1.73. The van der Waals surface area contributed by atoms with E-state index >= 15 is 0 Å². The molecule has 2 heterocycles. The lowest BCUT2D eigenvalue weighted by Crippen LogP contribution is -2.41. The second kappa shape index (κ2) is 6.77. The molecule has 1 fully saturated rings. The topological polar surface area (TPSA) is 54.6 Å². The summed E-state index contributed by atoms with van der Waals surface area (Å²) in [5.74, 6) is 1.57. The van der Waals surface area contributed by atoms with Crippen LogP contribution in [0.3, 0.4) is 0 Å². The maximum Gasteiger partial charge on any atom is 0.270 e. The van der Waals surface area contributed by atoms with E-state index < -0.39 is 0 Å². The molecule has 122 valence electrons. The normalized spacial score (nSPS) is 15.5. The second-order valence-electron chi connectivity index (χ2n) is 5.85. The fourth-order valence-corrected chi connectivity index (χ4v) is 2.87. The first-order valence-electron chi connectivity index (χ1n) is 7.91. The molecule has 0 radical (unpaired) electrons. The molecule has 0 saturated carbocycles. The van der Waals surface area contributed by atoms with Crippen molar-refractivity contribution in [3.8, 4) is 11.5 Å². The number of nitrogens with one attached hydrogen (secondary N) is 1. The summed E-state index contributed by atoms with van der Waals surface area (Å²) in [7, 11) is 1.64. The number of piperidine rings is 1. The van der Waals surface area contributed by atoms with E-state index in [1.54, 1.807) is 7.11 Å². The first-order valence-corrected chi connectivity index (χ1v) is 7.91. The molecule has 1 amide bonds. The average Bonchev–Trinajstić information content (AvgIpc) is 3.02. The Morgan fingerprint density at radius 3 is 2.52 bits per heavy atom. The zero-order valence-electron chi connectivity index (χ0n) is 13.5. The van der Waals surface area contributed by atoms with E-state index in [-0.39, 0.29) is 12.0 Å². The van der Waals surface area contributed by atoms with Crippen LogP contribution >= 0.6 is 0 Å². The van der Waals surface area contributed by atoms with Crippen LogP contribution < -0.4 is 9.47 Å². The van der Waals surface area contributed by atoms with E-state index in [1.165, 1.54) is 0 Å². The Morgan fingerprint density at radius 2 is 1.91 bits per heavy atom. The number of methoxy groups -OCH3 is 1. The third-order valence-corrected chi connectivity index (χ3v) is 4.15. The average molecular weight is 314 g/mol. The number of likely N-dealkylation sites (tertiary alicyclic amines) is 1. The van der Waals surface area contributed by atoms with Crippen molar-refractivity contribution in [3.63, 3.8) is 0 Å². The monoisotopic (exact) mass is 314 g/mol. The number of hydrogen-bond donors (Lipinski definition) is 1. The largest absolute Gasteiger partial charge is 0.493 e. The third kappa shape index (κ3) is 3.50. The van der Waals surface area contributed by atoms with Crippen molar-refractivity contribution < 1.29 is 14.3 Å². The predicted molar refractivity (Wildman–Crippen MR) is 88.1 cm³/mol. The number of H-pyrrole nitrogens is 1. The number of rotatable bonds is 4. The van der Waals surface area contributed by atoms with Crippen LogP contribution in [0.25, 0.3) is 0 Å². The molecule has 1 saturated heterocycles. The van der Waals surface area contributed by atoms with E-state index in [2.05, 4.69) is 4.98 Å². The highest BCUT2D eigenvalue weighted by molar-refractivity contribution is 5.92. The Morgan fingerprint density at radius 1 is 1.22 bits per heavy atom. The van der Waals surface area contributed by atoms with E-state index in [9.17, 15) is 4.79 Å². The van der Waals surface area contributed by atoms with Gasteiger partial charge in [-0.15, -0.1) is 0 Å². The van der Waals surface area contributed by atoms with E-state index in [1.807, 2.05) is 48.4 Å². The van der Waals surface area contributed by atoms with Gasteiger partial charge >= 0.3 is 0 Å². The minimum absolute atomic E-state index is 0.0637. The third-order valence-electron chi connectivity index (χ3n) is 4.15. The Hall–Kier alpha value is -2.43. The van der Waals surface area contributed by atoms with Gasteiger partial charge in [0, 0.05) is 32.1 Å². The molecule has 0 atom stereocenters. The van der Waals surface area contributed by atoms with Crippen LogP contribution in [-0.4, -0.2) is 42.1 Å². The molecule has 1 N–H and O–H groups in total. The van der Waals surface area contributed by atoms with Gasteiger partial charge in [-0.3, -0.25) is 4.79 Å². The fraction of sp³-hybridized carbons (Fsp3) is 0.389.